The summed E-state index contributed by atoms with van der Waals surface area (Å²) in [5.41, 5.74) is 2.15. The Morgan fingerprint density at radius 2 is 2.22 bits per heavy atom. The third-order valence-electron chi connectivity index (χ3n) is 3.64. The van der Waals surface area contributed by atoms with Gasteiger partial charge in [-0.1, -0.05) is 18.2 Å². The second kappa shape index (κ2) is 4.94. The smallest absolute Gasteiger partial charge is 0.145 e. The van der Waals surface area contributed by atoms with Crippen LogP contribution in [0.1, 0.15) is 24.5 Å². The van der Waals surface area contributed by atoms with Gasteiger partial charge in [0.05, 0.1) is 7.11 Å². The van der Waals surface area contributed by atoms with Gasteiger partial charge in [0.1, 0.15) is 11.3 Å². The fourth-order valence-corrected chi connectivity index (χ4v) is 2.63. The van der Waals surface area contributed by atoms with Crippen molar-refractivity contribution in [2.75, 3.05) is 20.2 Å². The van der Waals surface area contributed by atoms with E-state index < -0.39 is 0 Å². The maximum atomic E-state index is 5.39. The first kappa shape index (κ1) is 11.5. The summed E-state index contributed by atoms with van der Waals surface area (Å²) < 4.78 is 5.39. The Labute approximate surface area is 107 Å². The lowest BCUT2D eigenvalue weighted by atomic mass is 9.95. The molecule has 1 aliphatic rings. The highest BCUT2D eigenvalue weighted by Crippen LogP contribution is 2.27. The van der Waals surface area contributed by atoms with Crippen LogP contribution in [0.5, 0.6) is 5.75 Å². The highest BCUT2D eigenvalue weighted by atomic mass is 16.5. The lowest BCUT2D eigenvalue weighted by Crippen LogP contribution is -2.28. The van der Waals surface area contributed by atoms with Gasteiger partial charge in [-0.3, -0.25) is 0 Å². The van der Waals surface area contributed by atoms with Crippen molar-refractivity contribution in [3.8, 4) is 5.75 Å². The Hall–Kier alpha value is -1.61. The summed E-state index contributed by atoms with van der Waals surface area (Å²) in [6, 6.07) is 10.4. The number of rotatable bonds is 2. The Kier molecular flexibility index (Phi) is 3.15. The predicted octanol–water partition coefficient (Wildman–Crippen LogP) is 2.71. The molecule has 3 heteroatoms. The molecule has 0 radical (unpaired) electrons. The molecule has 0 spiro atoms. The molecule has 2 aromatic rings. The molecule has 3 rings (SSSR count). The second-order valence-electron chi connectivity index (χ2n) is 4.81. The standard InChI is InChI=1S/C15H18N2O/c1-18-14-6-2-4-11-7-8-13(17-15(11)14)12-5-3-9-16-10-12/h2,4,6-8,12,16H,3,5,9-10H2,1H3. The van der Waals surface area contributed by atoms with Gasteiger partial charge in [-0.05, 0) is 31.5 Å². The molecular weight excluding hydrogens is 224 g/mol. The van der Waals surface area contributed by atoms with Crippen molar-refractivity contribution < 1.29 is 4.74 Å². The van der Waals surface area contributed by atoms with Gasteiger partial charge in [0.25, 0.3) is 0 Å². The van der Waals surface area contributed by atoms with E-state index >= 15 is 0 Å². The van der Waals surface area contributed by atoms with Gasteiger partial charge in [-0.25, -0.2) is 4.98 Å². The van der Waals surface area contributed by atoms with Crippen LogP contribution in [0.3, 0.4) is 0 Å². The van der Waals surface area contributed by atoms with Gasteiger partial charge >= 0.3 is 0 Å². The third-order valence-corrected chi connectivity index (χ3v) is 3.64. The molecule has 1 N–H and O–H groups in total. The summed E-state index contributed by atoms with van der Waals surface area (Å²) in [4.78, 5) is 4.80. The number of pyridine rings is 1. The first-order valence-electron chi connectivity index (χ1n) is 6.53. The molecule has 0 aliphatic carbocycles. The van der Waals surface area contributed by atoms with Crippen LogP contribution in [-0.2, 0) is 0 Å². The monoisotopic (exact) mass is 242 g/mol. The molecule has 94 valence electrons. The molecule has 0 bridgehead atoms. The minimum atomic E-state index is 0.535. The van der Waals surface area contributed by atoms with Crippen molar-refractivity contribution in [2.45, 2.75) is 18.8 Å². The van der Waals surface area contributed by atoms with Gasteiger partial charge in [0, 0.05) is 23.5 Å². The average Bonchev–Trinajstić information content (AvgIpc) is 2.47. The summed E-state index contributed by atoms with van der Waals surface area (Å²) in [6.45, 7) is 2.17. The number of nitrogens with one attached hydrogen (secondary N) is 1. The Bertz CT molecular complexity index is 547. The fraction of sp³-hybridized carbons (Fsp3) is 0.400. The van der Waals surface area contributed by atoms with E-state index in [1.54, 1.807) is 7.11 Å². The van der Waals surface area contributed by atoms with Crippen molar-refractivity contribution in [1.29, 1.82) is 0 Å². The molecule has 1 aromatic heterocycles. The molecule has 0 amide bonds. The van der Waals surface area contributed by atoms with Crippen LogP contribution in [0, 0.1) is 0 Å². The van der Waals surface area contributed by atoms with Crippen molar-refractivity contribution in [1.82, 2.24) is 10.3 Å². The molecule has 3 nitrogen and oxygen atoms in total. The molecule has 1 fully saturated rings. The summed E-state index contributed by atoms with van der Waals surface area (Å²) in [5.74, 6) is 1.39. The molecule has 1 saturated heterocycles. The zero-order valence-corrected chi connectivity index (χ0v) is 10.6. The summed E-state index contributed by atoms with van der Waals surface area (Å²) in [7, 11) is 1.70. The first-order valence-corrected chi connectivity index (χ1v) is 6.53. The number of hydrogen-bond donors (Lipinski definition) is 1. The number of fused-ring (bicyclic) bond motifs is 1. The van der Waals surface area contributed by atoms with Gasteiger partial charge in [0.2, 0.25) is 0 Å². The van der Waals surface area contributed by atoms with Crippen LogP contribution in [0.4, 0.5) is 0 Å². The van der Waals surface area contributed by atoms with Crippen molar-refractivity contribution in [3.05, 3.63) is 36.0 Å². The van der Waals surface area contributed by atoms with E-state index in [9.17, 15) is 0 Å². The van der Waals surface area contributed by atoms with Crippen LogP contribution in [-0.4, -0.2) is 25.2 Å². The van der Waals surface area contributed by atoms with Gasteiger partial charge in [0.15, 0.2) is 0 Å². The largest absolute Gasteiger partial charge is 0.494 e. The summed E-state index contributed by atoms with van der Waals surface area (Å²) >= 11 is 0. The molecule has 1 unspecified atom stereocenters. The van der Waals surface area contributed by atoms with Crippen LogP contribution >= 0.6 is 0 Å². The molecule has 0 saturated carbocycles. The normalized spacial score (nSPS) is 19.9. The van der Waals surface area contributed by atoms with Crippen molar-refractivity contribution >= 4 is 10.9 Å². The zero-order chi connectivity index (χ0) is 12.4. The van der Waals surface area contributed by atoms with E-state index in [1.807, 2.05) is 12.1 Å². The third kappa shape index (κ3) is 2.06. The highest BCUT2D eigenvalue weighted by Gasteiger charge is 2.17. The van der Waals surface area contributed by atoms with Gasteiger partial charge in [-0.15, -0.1) is 0 Å². The van der Waals surface area contributed by atoms with E-state index in [0.717, 1.165) is 29.7 Å². The average molecular weight is 242 g/mol. The number of nitrogens with zero attached hydrogens (tertiary/aromatic N) is 1. The van der Waals surface area contributed by atoms with E-state index in [2.05, 4.69) is 23.5 Å². The predicted molar refractivity (Wildman–Crippen MR) is 73.1 cm³/mol. The van der Waals surface area contributed by atoms with Gasteiger partial charge < -0.3 is 10.1 Å². The number of aromatic nitrogens is 1. The van der Waals surface area contributed by atoms with Crippen molar-refractivity contribution in [2.24, 2.45) is 0 Å². The van der Waals surface area contributed by atoms with E-state index in [-0.39, 0.29) is 0 Å². The highest BCUT2D eigenvalue weighted by molar-refractivity contribution is 5.84. The molecule has 2 heterocycles. The zero-order valence-electron chi connectivity index (χ0n) is 10.6. The van der Waals surface area contributed by atoms with E-state index in [1.165, 1.54) is 18.5 Å². The number of benzene rings is 1. The Morgan fingerprint density at radius 1 is 1.28 bits per heavy atom. The van der Waals surface area contributed by atoms with Crippen LogP contribution in [0.15, 0.2) is 30.3 Å². The number of hydrogen-bond acceptors (Lipinski definition) is 3. The lowest BCUT2D eigenvalue weighted by molar-refractivity contribution is 0.418. The van der Waals surface area contributed by atoms with Crippen LogP contribution < -0.4 is 10.1 Å². The number of piperidine rings is 1. The quantitative estimate of drug-likeness (QED) is 0.879. The van der Waals surface area contributed by atoms with Gasteiger partial charge in [-0.2, -0.15) is 0 Å². The Morgan fingerprint density at radius 3 is 3.00 bits per heavy atom. The van der Waals surface area contributed by atoms with E-state index in [0.29, 0.717) is 5.92 Å². The Balaban J connectivity index is 2.03. The molecule has 18 heavy (non-hydrogen) atoms. The molecule has 1 atom stereocenters. The maximum absolute atomic E-state index is 5.39. The van der Waals surface area contributed by atoms with E-state index in [4.69, 9.17) is 9.72 Å². The fourth-order valence-electron chi connectivity index (χ4n) is 2.63. The SMILES string of the molecule is COc1cccc2ccc(C3CCCNC3)nc12. The molecule has 1 aliphatic heterocycles. The van der Waals surface area contributed by atoms with Crippen LogP contribution in [0.2, 0.25) is 0 Å². The van der Waals surface area contributed by atoms with Crippen molar-refractivity contribution in [3.63, 3.8) is 0 Å². The number of para-hydroxylation sites is 1. The minimum absolute atomic E-state index is 0.535. The second-order valence-corrected chi connectivity index (χ2v) is 4.81. The topological polar surface area (TPSA) is 34.1 Å². The van der Waals surface area contributed by atoms with Crippen LogP contribution in [0.25, 0.3) is 10.9 Å². The number of ether oxygens (including phenoxy) is 1. The summed E-state index contributed by atoms with van der Waals surface area (Å²) in [5, 5.41) is 4.58. The first-order chi connectivity index (χ1) is 8.88. The number of methoxy groups -OCH3 is 1. The lowest BCUT2D eigenvalue weighted by Gasteiger charge is -2.22. The molecular formula is C15H18N2O. The summed E-state index contributed by atoms with van der Waals surface area (Å²) in [6.07, 6.45) is 2.46. The maximum Gasteiger partial charge on any atom is 0.145 e. The minimum Gasteiger partial charge on any atom is -0.494 e. The molecule has 1 aromatic carbocycles.